The van der Waals surface area contributed by atoms with Gasteiger partial charge in [-0.2, -0.15) is 9.94 Å². The van der Waals surface area contributed by atoms with Crippen LogP contribution in [-0.2, 0) is 19.1 Å². The third-order valence-corrected chi connectivity index (χ3v) is 7.69. The number of halogens is 1. The van der Waals surface area contributed by atoms with Gasteiger partial charge in [0.1, 0.15) is 29.9 Å². The Bertz CT molecular complexity index is 1910. The number of imidazole rings is 1. The normalized spacial score (nSPS) is 16.2. The van der Waals surface area contributed by atoms with Crippen LogP contribution in [0.1, 0.15) is 69.6 Å². The fraction of sp³-hybridized carbons (Fsp3) is 0.333. The first-order valence-electron chi connectivity index (χ1n) is 15.4. The van der Waals surface area contributed by atoms with E-state index in [2.05, 4.69) is 47.5 Å². The van der Waals surface area contributed by atoms with Crippen LogP contribution in [-0.4, -0.2) is 66.9 Å². The molecule has 0 radical (unpaired) electrons. The lowest BCUT2D eigenvalue weighted by molar-refractivity contribution is -0.156. The Labute approximate surface area is 287 Å². The number of benzene rings is 2. The van der Waals surface area contributed by atoms with Gasteiger partial charge in [-0.15, -0.1) is 5.10 Å². The molecule has 0 saturated carbocycles. The van der Waals surface area contributed by atoms with Crippen molar-refractivity contribution in [2.24, 2.45) is 0 Å². The topological polar surface area (TPSA) is 202 Å². The van der Waals surface area contributed by atoms with Gasteiger partial charge in [0, 0.05) is 33.6 Å². The van der Waals surface area contributed by atoms with Gasteiger partial charge >= 0.3 is 12.1 Å². The third-order valence-electron chi connectivity index (χ3n) is 7.45. The Morgan fingerprint density at radius 3 is 2.65 bits per heavy atom. The molecule has 2 aromatic heterocycles. The standard InChI is InChI=1S/C33H35ClN10O5/c1-33(2,3)49-31(46)24-8-6-5-7-23(39-28(45)14-9-19-15-20(34)10-13-27(19)44-18-36-42-43-44)30-40-26(17-35)29(41-30)22-12-11-21(16-25(22)38-24)37-32(47)48-4/h9-16,18,23-24,38H,5-8H2,1-4H3,(H,37,47)(H,39,45)(H,40,41)/t23-,24+/m0/s1. The number of carbonyl (C=O) groups is 3. The summed E-state index contributed by atoms with van der Waals surface area (Å²) in [5, 5.41) is 30.8. The molecule has 3 heterocycles. The van der Waals surface area contributed by atoms with Crippen LogP contribution in [0.15, 0.2) is 48.8 Å². The number of methoxy groups -OCH3 is 1. The average Bonchev–Trinajstić information content (AvgIpc) is 3.74. The van der Waals surface area contributed by atoms with Gasteiger partial charge in [0.2, 0.25) is 5.91 Å². The number of tetrazole rings is 1. The molecule has 4 N–H and O–H groups in total. The highest BCUT2D eigenvalue weighted by molar-refractivity contribution is 6.30. The van der Waals surface area contributed by atoms with E-state index in [1.165, 1.54) is 24.2 Å². The summed E-state index contributed by atoms with van der Waals surface area (Å²) < 4.78 is 11.9. The smallest absolute Gasteiger partial charge is 0.411 e. The van der Waals surface area contributed by atoms with Crippen molar-refractivity contribution >= 4 is 47.0 Å². The van der Waals surface area contributed by atoms with Crippen molar-refractivity contribution in [1.82, 2.24) is 35.5 Å². The van der Waals surface area contributed by atoms with Gasteiger partial charge in [0.25, 0.3) is 0 Å². The van der Waals surface area contributed by atoms with E-state index in [0.29, 0.717) is 70.4 Å². The number of aromatic amines is 1. The summed E-state index contributed by atoms with van der Waals surface area (Å²) in [5.74, 6) is -0.481. The first-order valence-corrected chi connectivity index (χ1v) is 15.8. The molecule has 0 unspecified atom stereocenters. The summed E-state index contributed by atoms with van der Waals surface area (Å²) >= 11 is 6.23. The van der Waals surface area contributed by atoms with Crippen LogP contribution in [0.3, 0.4) is 0 Å². The molecule has 2 bridgehead atoms. The van der Waals surface area contributed by atoms with E-state index in [4.69, 9.17) is 21.1 Å². The molecule has 2 amide bonds. The highest BCUT2D eigenvalue weighted by Crippen LogP contribution is 2.35. The lowest BCUT2D eigenvalue weighted by Crippen LogP contribution is -2.37. The van der Waals surface area contributed by atoms with E-state index in [9.17, 15) is 19.6 Å². The Hall–Kier alpha value is -5.75. The minimum Gasteiger partial charge on any atom is -0.458 e. The van der Waals surface area contributed by atoms with Gasteiger partial charge in [-0.05, 0) is 86.5 Å². The molecular weight excluding hydrogens is 652 g/mol. The van der Waals surface area contributed by atoms with Crippen LogP contribution >= 0.6 is 11.6 Å². The predicted molar refractivity (Wildman–Crippen MR) is 181 cm³/mol. The molecule has 1 aliphatic rings. The van der Waals surface area contributed by atoms with E-state index in [1.807, 2.05) is 0 Å². The first kappa shape index (κ1) is 34.6. The zero-order chi connectivity index (χ0) is 35.1. The van der Waals surface area contributed by atoms with Gasteiger partial charge < -0.3 is 25.1 Å². The lowest BCUT2D eigenvalue weighted by atomic mass is 10.0. The maximum Gasteiger partial charge on any atom is 0.411 e. The van der Waals surface area contributed by atoms with Gasteiger partial charge in [-0.1, -0.05) is 24.4 Å². The monoisotopic (exact) mass is 686 g/mol. The second-order valence-corrected chi connectivity index (χ2v) is 12.6. The summed E-state index contributed by atoms with van der Waals surface area (Å²) in [6.45, 7) is 5.37. The second-order valence-electron chi connectivity index (χ2n) is 12.2. The van der Waals surface area contributed by atoms with E-state index < -0.39 is 35.7 Å². The molecule has 2 atom stereocenters. The van der Waals surface area contributed by atoms with Crippen molar-refractivity contribution in [3.8, 4) is 23.0 Å². The molecule has 15 nitrogen and oxygen atoms in total. The van der Waals surface area contributed by atoms with Crippen LogP contribution in [0.25, 0.3) is 23.0 Å². The number of rotatable bonds is 6. The fourth-order valence-corrected chi connectivity index (χ4v) is 5.45. The van der Waals surface area contributed by atoms with Crippen molar-refractivity contribution < 1.29 is 23.9 Å². The summed E-state index contributed by atoms with van der Waals surface area (Å²) in [6.07, 6.45) is 5.79. The molecule has 0 saturated heterocycles. The van der Waals surface area contributed by atoms with Gasteiger partial charge in [-0.3, -0.25) is 10.1 Å². The number of aromatic nitrogens is 6. The van der Waals surface area contributed by atoms with Crippen molar-refractivity contribution in [2.75, 3.05) is 17.7 Å². The summed E-state index contributed by atoms with van der Waals surface area (Å²) in [4.78, 5) is 46.5. The molecule has 0 aliphatic carbocycles. The van der Waals surface area contributed by atoms with Crippen molar-refractivity contribution in [3.05, 3.63) is 70.9 Å². The second kappa shape index (κ2) is 15.0. The van der Waals surface area contributed by atoms with Crippen molar-refractivity contribution in [3.63, 3.8) is 0 Å². The number of ether oxygens (including phenoxy) is 2. The molecule has 49 heavy (non-hydrogen) atoms. The Morgan fingerprint density at radius 1 is 1.14 bits per heavy atom. The van der Waals surface area contributed by atoms with Crippen LogP contribution in [0.4, 0.5) is 16.2 Å². The molecule has 1 aliphatic heterocycles. The molecule has 16 heteroatoms. The number of nitrogens with zero attached hydrogens (tertiary/aromatic N) is 6. The molecule has 2 aromatic carbocycles. The maximum absolute atomic E-state index is 13.4. The Kier molecular flexibility index (Phi) is 10.6. The molecule has 0 fully saturated rings. The van der Waals surface area contributed by atoms with E-state index in [0.717, 1.165) is 0 Å². The SMILES string of the molecule is COC(=O)Nc1ccc2c(c1)N[C@@H](C(=O)OC(C)(C)C)CCCC[C@H](NC(=O)C=Cc1cc(Cl)ccc1-n1cnnn1)c1nc(C#N)c-2[nH]1. The number of hydrogen-bond acceptors (Lipinski definition) is 11. The zero-order valence-electron chi connectivity index (χ0n) is 27.3. The number of H-pyrrole nitrogens is 1. The van der Waals surface area contributed by atoms with Gasteiger partial charge in [0.15, 0.2) is 5.69 Å². The number of hydrogen-bond donors (Lipinski definition) is 4. The highest BCUT2D eigenvalue weighted by atomic mass is 35.5. The van der Waals surface area contributed by atoms with Crippen molar-refractivity contribution in [1.29, 1.82) is 5.26 Å². The van der Waals surface area contributed by atoms with Crippen LogP contribution in [0.5, 0.6) is 0 Å². The number of nitrogens with one attached hydrogen (secondary N) is 4. The number of amides is 2. The Balaban J connectivity index is 1.49. The predicted octanol–water partition coefficient (Wildman–Crippen LogP) is 5.32. The van der Waals surface area contributed by atoms with E-state index in [-0.39, 0.29) is 5.69 Å². The van der Waals surface area contributed by atoms with E-state index >= 15 is 0 Å². The third kappa shape index (κ3) is 8.79. The van der Waals surface area contributed by atoms with Gasteiger partial charge in [0.05, 0.1) is 24.5 Å². The number of fused-ring (bicyclic) bond motifs is 4. The summed E-state index contributed by atoms with van der Waals surface area (Å²) in [7, 11) is 1.25. The number of anilines is 2. The first-order chi connectivity index (χ1) is 23.4. The van der Waals surface area contributed by atoms with Gasteiger partial charge in [-0.25, -0.2) is 14.6 Å². The summed E-state index contributed by atoms with van der Waals surface area (Å²) in [5.41, 5.74) is 2.31. The minimum atomic E-state index is -0.762. The zero-order valence-corrected chi connectivity index (χ0v) is 28.0. The van der Waals surface area contributed by atoms with Crippen molar-refractivity contribution in [2.45, 2.75) is 64.1 Å². The number of esters is 1. The fourth-order valence-electron chi connectivity index (χ4n) is 5.27. The number of carbonyl (C=O) groups excluding carboxylic acids is 3. The number of nitriles is 1. The van der Waals surface area contributed by atoms with Crippen LogP contribution in [0, 0.1) is 11.3 Å². The Morgan fingerprint density at radius 2 is 1.94 bits per heavy atom. The average molecular weight is 687 g/mol. The quantitative estimate of drug-likeness (QED) is 0.151. The largest absolute Gasteiger partial charge is 0.458 e. The lowest BCUT2D eigenvalue weighted by Gasteiger charge is -2.26. The minimum absolute atomic E-state index is 0.0830. The summed E-state index contributed by atoms with van der Waals surface area (Å²) in [6, 6.07) is 10.9. The molecule has 0 spiro atoms. The van der Waals surface area contributed by atoms with Crippen LogP contribution < -0.4 is 16.0 Å². The van der Waals surface area contributed by atoms with Crippen LogP contribution in [0.2, 0.25) is 5.02 Å². The molecule has 4 aromatic rings. The molecule has 254 valence electrons. The highest BCUT2D eigenvalue weighted by Gasteiger charge is 2.29. The molecular formula is C33H35ClN10O5. The molecule has 5 rings (SSSR count). The van der Waals surface area contributed by atoms with E-state index in [1.54, 1.807) is 63.2 Å². The maximum atomic E-state index is 13.4.